The van der Waals surface area contributed by atoms with Gasteiger partial charge in [-0.15, -0.1) is 0 Å². The second-order valence-corrected chi connectivity index (χ2v) is 6.31. The standard InChI is InChI=1S/C19H18FN5O2/c20-16-7-6-15(12-21-16)27-14-8-10-25(11-9-14)19(26)18-17(22-24-23-18)13-4-2-1-3-5-13/h1-7,12,14H,8-11H2,(H,22,23,24). The molecule has 3 aromatic rings. The topological polar surface area (TPSA) is 84.0 Å². The molecular formula is C19H18FN5O2. The van der Waals surface area contributed by atoms with Crippen LogP contribution in [0.25, 0.3) is 11.3 Å². The number of piperidine rings is 1. The smallest absolute Gasteiger partial charge is 0.276 e. The third-order valence-corrected chi connectivity index (χ3v) is 4.53. The SMILES string of the molecule is O=C(c1n[nH]nc1-c1ccccc1)N1CCC(Oc2ccc(F)nc2)CC1. The number of amides is 1. The Morgan fingerprint density at radius 1 is 1.11 bits per heavy atom. The van der Waals surface area contributed by atoms with Gasteiger partial charge in [0.05, 0.1) is 6.20 Å². The molecule has 7 nitrogen and oxygen atoms in total. The number of hydrogen-bond acceptors (Lipinski definition) is 5. The number of likely N-dealkylation sites (tertiary alicyclic amines) is 1. The van der Waals surface area contributed by atoms with Gasteiger partial charge in [0.1, 0.15) is 17.5 Å². The number of carbonyl (C=O) groups excluding carboxylic acids is 1. The number of halogens is 1. The summed E-state index contributed by atoms with van der Waals surface area (Å²) < 4.78 is 18.7. The van der Waals surface area contributed by atoms with E-state index < -0.39 is 5.95 Å². The van der Waals surface area contributed by atoms with E-state index in [1.54, 1.807) is 11.0 Å². The van der Waals surface area contributed by atoms with Crippen LogP contribution in [0.4, 0.5) is 4.39 Å². The number of nitrogens with zero attached hydrogens (tertiary/aromatic N) is 4. The van der Waals surface area contributed by atoms with Crippen molar-refractivity contribution in [2.24, 2.45) is 0 Å². The molecule has 1 aromatic carbocycles. The van der Waals surface area contributed by atoms with E-state index in [0.29, 0.717) is 43.1 Å². The molecule has 0 radical (unpaired) electrons. The number of rotatable bonds is 4. The molecule has 138 valence electrons. The van der Waals surface area contributed by atoms with Gasteiger partial charge in [0.25, 0.3) is 5.91 Å². The van der Waals surface area contributed by atoms with Crippen molar-refractivity contribution in [2.75, 3.05) is 13.1 Å². The number of pyridine rings is 1. The van der Waals surface area contributed by atoms with Gasteiger partial charge in [0, 0.05) is 31.5 Å². The molecule has 1 fully saturated rings. The van der Waals surface area contributed by atoms with Crippen molar-refractivity contribution in [3.63, 3.8) is 0 Å². The molecule has 0 aliphatic carbocycles. The molecule has 2 aromatic heterocycles. The molecular weight excluding hydrogens is 349 g/mol. The summed E-state index contributed by atoms with van der Waals surface area (Å²) in [6, 6.07) is 12.3. The number of H-pyrrole nitrogens is 1. The number of aromatic amines is 1. The number of hydrogen-bond donors (Lipinski definition) is 1. The zero-order valence-corrected chi connectivity index (χ0v) is 14.5. The van der Waals surface area contributed by atoms with Crippen LogP contribution in [0.3, 0.4) is 0 Å². The van der Waals surface area contributed by atoms with Gasteiger partial charge in [-0.3, -0.25) is 4.79 Å². The van der Waals surface area contributed by atoms with Gasteiger partial charge < -0.3 is 9.64 Å². The average molecular weight is 367 g/mol. The Kier molecular flexibility index (Phi) is 4.78. The maximum Gasteiger partial charge on any atom is 0.276 e. The van der Waals surface area contributed by atoms with Crippen molar-refractivity contribution < 1.29 is 13.9 Å². The fourth-order valence-electron chi connectivity index (χ4n) is 3.13. The zero-order chi connectivity index (χ0) is 18.6. The van der Waals surface area contributed by atoms with Gasteiger partial charge in [0.2, 0.25) is 5.95 Å². The minimum atomic E-state index is -0.537. The predicted molar refractivity (Wildman–Crippen MR) is 95.6 cm³/mol. The number of carbonyl (C=O) groups is 1. The summed E-state index contributed by atoms with van der Waals surface area (Å²) in [5.74, 6) is -0.154. The average Bonchev–Trinajstić information content (AvgIpc) is 3.20. The van der Waals surface area contributed by atoms with Gasteiger partial charge in [0.15, 0.2) is 5.69 Å². The minimum Gasteiger partial charge on any atom is -0.489 e. The van der Waals surface area contributed by atoms with E-state index in [1.165, 1.54) is 12.3 Å². The van der Waals surface area contributed by atoms with E-state index >= 15 is 0 Å². The molecule has 1 amide bonds. The lowest BCUT2D eigenvalue weighted by atomic mass is 10.1. The zero-order valence-electron chi connectivity index (χ0n) is 14.5. The molecule has 0 bridgehead atoms. The molecule has 1 aliphatic heterocycles. The molecule has 3 heterocycles. The van der Waals surface area contributed by atoms with Crippen LogP contribution in [0.2, 0.25) is 0 Å². The van der Waals surface area contributed by atoms with Crippen molar-refractivity contribution in [1.82, 2.24) is 25.3 Å². The Labute approximate surface area is 155 Å². The van der Waals surface area contributed by atoms with Gasteiger partial charge >= 0.3 is 0 Å². The monoisotopic (exact) mass is 367 g/mol. The van der Waals surface area contributed by atoms with E-state index in [1.807, 2.05) is 30.3 Å². The summed E-state index contributed by atoms with van der Waals surface area (Å²) >= 11 is 0. The van der Waals surface area contributed by atoms with E-state index in [2.05, 4.69) is 20.4 Å². The maximum atomic E-state index is 12.9. The molecule has 0 spiro atoms. The predicted octanol–water partition coefficient (Wildman–Crippen LogP) is 2.69. The minimum absolute atomic E-state index is 0.0350. The first-order valence-electron chi connectivity index (χ1n) is 8.74. The summed E-state index contributed by atoms with van der Waals surface area (Å²) in [5, 5.41) is 10.7. The summed E-state index contributed by atoms with van der Waals surface area (Å²) in [7, 11) is 0. The lowest BCUT2D eigenvalue weighted by Gasteiger charge is -2.31. The fourth-order valence-corrected chi connectivity index (χ4v) is 3.13. The molecule has 1 saturated heterocycles. The second-order valence-electron chi connectivity index (χ2n) is 6.31. The van der Waals surface area contributed by atoms with E-state index in [-0.39, 0.29) is 12.0 Å². The van der Waals surface area contributed by atoms with Crippen LogP contribution in [-0.2, 0) is 0 Å². The Balaban J connectivity index is 1.39. The van der Waals surface area contributed by atoms with Crippen LogP contribution in [0.15, 0.2) is 48.7 Å². The highest BCUT2D eigenvalue weighted by molar-refractivity contribution is 5.97. The quantitative estimate of drug-likeness (QED) is 0.717. The summed E-state index contributed by atoms with van der Waals surface area (Å²) in [4.78, 5) is 18.2. The molecule has 27 heavy (non-hydrogen) atoms. The molecule has 1 N–H and O–H groups in total. The van der Waals surface area contributed by atoms with E-state index in [9.17, 15) is 9.18 Å². The summed E-state index contributed by atoms with van der Waals surface area (Å²) in [6.07, 6.45) is 2.70. The Bertz CT molecular complexity index is 905. The third kappa shape index (κ3) is 3.79. The summed E-state index contributed by atoms with van der Waals surface area (Å²) in [6.45, 7) is 1.11. The van der Waals surface area contributed by atoms with Crippen LogP contribution >= 0.6 is 0 Å². The van der Waals surface area contributed by atoms with Crippen LogP contribution in [0, 0.1) is 5.95 Å². The van der Waals surface area contributed by atoms with Crippen molar-refractivity contribution in [3.8, 4) is 17.0 Å². The molecule has 0 saturated carbocycles. The first-order valence-corrected chi connectivity index (χ1v) is 8.74. The van der Waals surface area contributed by atoms with Crippen LogP contribution in [0.1, 0.15) is 23.3 Å². The Morgan fingerprint density at radius 3 is 2.59 bits per heavy atom. The number of nitrogens with one attached hydrogen (secondary N) is 1. The van der Waals surface area contributed by atoms with Crippen LogP contribution in [-0.4, -0.2) is 50.4 Å². The molecule has 1 aliphatic rings. The highest BCUT2D eigenvalue weighted by atomic mass is 19.1. The lowest BCUT2D eigenvalue weighted by Crippen LogP contribution is -2.42. The molecule has 0 unspecified atom stereocenters. The second kappa shape index (κ2) is 7.53. The van der Waals surface area contributed by atoms with Gasteiger partial charge in [-0.1, -0.05) is 30.3 Å². The highest BCUT2D eigenvalue weighted by Crippen LogP contribution is 2.23. The lowest BCUT2D eigenvalue weighted by molar-refractivity contribution is 0.0590. The van der Waals surface area contributed by atoms with Crippen LogP contribution < -0.4 is 4.74 Å². The first kappa shape index (κ1) is 17.1. The third-order valence-electron chi connectivity index (χ3n) is 4.53. The molecule has 8 heteroatoms. The van der Waals surface area contributed by atoms with Crippen molar-refractivity contribution in [2.45, 2.75) is 18.9 Å². The van der Waals surface area contributed by atoms with E-state index in [0.717, 1.165) is 5.56 Å². The van der Waals surface area contributed by atoms with Crippen molar-refractivity contribution >= 4 is 5.91 Å². The van der Waals surface area contributed by atoms with Crippen molar-refractivity contribution in [3.05, 3.63) is 60.3 Å². The largest absolute Gasteiger partial charge is 0.489 e. The fraction of sp³-hybridized carbons (Fsp3) is 0.263. The Morgan fingerprint density at radius 2 is 1.89 bits per heavy atom. The summed E-state index contributed by atoms with van der Waals surface area (Å²) in [5.41, 5.74) is 1.72. The number of benzene rings is 1. The number of ether oxygens (including phenoxy) is 1. The van der Waals surface area contributed by atoms with Gasteiger partial charge in [-0.05, 0) is 12.1 Å². The highest BCUT2D eigenvalue weighted by Gasteiger charge is 2.28. The van der Waals surface area contributed by atoms with Gasteiger partial charge in [-0.2, -0.15) is 19.8 Å². The number of aromatic nitrogens is 4. The first-order chi connectivity index (χ1) is 13.2. The molecule has 0 atom stereocenters. The van der Waals surface area contributed by atoms with Crippen LogP contribution in [0.5, 0.6) is 5.75 Å². The van der Waals surface area contributed by atoms with E-state index in [4.69, 9.17) is 4.74 Å². The van der Waals surface area contributed by atoms with Crippen molar-refractivity contribution in [1.29, 1.82) is 0 Å². The molecule has 4 rings (SSSR count). The van der Waals surface area contributed by atoms with Gasteiger partial charge in [-0.25, -0.2) is 4.98 Å². The maximum absolute atomic E-state index is 12.9. The normalized spacial score (nSPS) is 14.9. The Hall–Kier alpha value is -3.29.